The molecule has 1 N–H and O–H groups in total. The fraction of sp³-hybridized carbons (Fsp3) is 1.00. The van der Waals surface area contributed by atoms with Crippen LogP contribution in [0.4, 0.5) is 35.1 Å². The molecule has 2 nitrogen and oxygen atoms in total. The standard InChI is InChI=1S/C4H2F8O2/c5-1(6)2(7,8)3(9,10)4(11,12)14-13/h1,13H. The third kappa shape index (κ3) is 1.75. The molecule has 0 aliphatic rings. The van der Waals surface area contributed by atoms with Crippen molar-refractivity contribution in [3.8, 4) is 0 Å². The molecule has 0 aromatic heterocycles. The summed E-state index contributed by atoms with van der Waals surface area (Å²) >= 11 is 0. The van der Waals surface area contributed by atoms with Crippen molar-refractivity contribution >= 4 is 0 Å². The zero-order chi connectivity index (χ0) is 11.8. The summed E-state index contributed by atoms with van der Waals surface area (Å²) < 4.78 is 93.7. The lowest BCUT2D eigenvalue weighted by atomic mass is 10.1. The van der Waals surface area contributed by atoms with Crippen LogP contribution in [-0.2, 0) is 4.89 Å². The van der Waals surface area contributed by atoms with Gasteiger partial charge >= 0.3 is 24.4 Å². The van der Waals surface area contributed by atoms with E-state index in [1.807, 2.05) is 0 Å². The third-order valence-corrected chi connectivity index (χ3v) is 1.17. The molecule has 0 aliphatic heterocycles. The largest absolute Gasteiger partial charge is 0.451 e. The van der Waals surface area contributed by atoms with E-state index in [0.717, 1.165) is 0 Å². The van der Waals surface area contributed by atoms with Gasteiger partial charge in [-0.2, -0.15) is 31.2 Å². The smallest absolute Gasteiger partial charge is 0.246 e. The Balaban J connectivity index is 5.14. The van der Waals surface area contributed by atoms with Crippen LogP contribution in [0, 0.1) is 0 Å². The predicted molar refractivity (Wildman–Crippen MR) is 24.6 cm³/mol. The number of hydrogen-bond acceptors (Lipinski definition) is 2. The monoisotopic (exact) mass is 234 g/mol. The lowest BCUT2D eigenvalue weighted by molar-refractivity contribution is -0.495. The van der Waals surface area contributed by atoms with E-state index < -0.39 is 24.4 Å². The van der Waals surface area contributed by atoms with Gasteiger partial charge in [0.2, 0.25) is 0 Å². The van der Waals surface area contributed by atoms with Crippen molar-refractivity contribution in [1.82, 2.24) is 0 Å². The highest BCUT2D eigenvalue weighted by atomic mass is 19.4. The van der Waals surface area contributed by atoms with Crippen molar-refractivity contribution in [3.63, 3.8) is 0 Å². The molecule has 0 aliphatic carbocycles. The molecule has 0 fully saturated rings. The average molecular weight is 234 g/mol. The molecule has 0 aromatic rings. The van der Waals surface area contributed by atoms with Gasteiger partial charge in [-0.15, -0.1) is 0 Å². The van der Waals surface area contributed by atoms with Crippen LogP contribution in [0.3, 0.4) is 0 Å². The molecular formula is C4H2F8O2. The summed E-state index contributed by atoms with van der Waals surface area (Å²) in [5.74, 6) is -12.8. The molecule has 0 rings (SSSR count). The SMILES string of the molecule is OOC(F)(F)C(F)(F)C(F)(F)C(F)F. The van der Waals surface area contributed by atoms with E-state index >= 15 is 0 Å². The van der Waals surface area contributed by atoms with Gasteiger partial charge in [0.15, 0.2) is 0 Å². The van der Waals surface area contributed by atoms with Crippen LogP contribution in [-0.4, -0.2) is 29.6 Å². The van der Waals surface area contributed by atoms with Gasteiger partial charge in [0.05, 0.1) is 0 Å². The van der Waals surface area contributed by atoms with Crippen molar-refractivity contribution in [2.75, 3.05) is 0 Å². The molecule has 0 saturated carbocycles. The van der Waals surface area contributed by atoms with Gasteiger partial charge in [0, 0.05) is 0 Å². The normalized spacial score (nSPS) is 15.0. The van der Waals surface area contributed by atoms with Crippen LogP contribution in [0.15, 0.2) is 0 Å². The Morgan fingerprint density at radius 3 is 1.50 bits per heavy atom. The quantitative estimate of drug-likeness (QED) is 0.460. The zero-order valence-corrected chi connectivity index (χ0v) is 5.96. The Kier molecular flexibility index (Phi) is 3.34. The summed E-state index contributed by atoms with van der Waals surface area (Å²) in [5.41, 5.74) is 0. The lowest BCUT2D eigenvalue weighted by Crippen LogP contribution is -2.58. The van der Waals surface area contributed by atoms with E-state index in [0.29, 0.717) is 0 Å². The average Bonchev–Trinajstić information content (AvgIpc) is 2.03. The summed E-state index contributed by atoms with van der Waals surface area (Å²) in [4.78, 5) is 1.74. The van der Waals surface area contributed by atoms with E-state index in [4.69, 9.17) is 5.26 Å². The van der Waals surface area contributed by atoms with Crippen LogP contribution in [0.1, 0.15) is 0 Å². The van der Waals surface area contributed by atoms with E-state index in [-0.39, 0.29) is 0 Å². The first kappa shape index (κ1) is 13.4. The molecule has 86 valence electrons. The molecule has 0 radical (unpaired) electrons. The molecule has 0 amide bonds. The second-order valence-electron chi connectivity index (χ2n) is 2.11. The van der Waals surface area contributed by atoms with Gasteiger partial charge < -0.3 is 0 Å². The van der Waals surface area contributed by atoms with Crippen LogP contribution < -0.4 is 0 Å². The third-order valence-electron chi connectivity index (χ3n) is 1.17. The predicted octanol–water partition coefficient (Wildman–Crippen LogP) is 2.60. The zero-order valence-electron chi connectivity index (χ0n) is 5.96. The molecule has 14 heavy (non-hydrogen) atoms. The summed E-state index contributed by atoms with van der Waals surface area (Å²) in [7, 11) is 0. The molecule has 0 saturated heterocycles. The second-order valence-corrected chi connectivity index (χ2v) is 2.11. The van der Waals surface area contributed by atoms with Gasteiger partial charge in [0.1, 0.15) is 0 Å². The van der Waals surface area contributed by atoms with E-state index in [2.05, 4.69) is 0 Å². The number of rotatable bonds is 4. The summed E-state index contributed by atoms with van der Waals surface area (Å²) in [5, 5.41) is 7.17. The maximum Gasteiger partial charge on any atom is 0.451 e. The van der Waals surface area contributed by atoms with Crippen molar-refractivity contribution in [2.45, 2.75) is 24.4 Å². The van der Waals surface area contributed by atoms with Crippen LogP contribution in [0.25, 0.3) is 0 Å². The molecule has 0 heterocycles. The van der Waals surface area contributed by atoms with Gasteiger partial charge in [-0.3, -0.25) is 0 Å². The summed E-state index contributed by atoms with van der Waals surface area (Å²) in [6, 6.07) is 0. The van der Waals surface area contributed by atoms with Crippen molar-refractivity contribution < 1.29 is 45.3 Å². The number of halogens is 8. The maximum atomic E-state index is 12.0. The van der Waals surface area contributed by atoms with Crippen LogP contribution in [0.2, 0.25) is 0 Å². The van der Waals surface area contributed by atoms with Gasteiger partial charge in [-0.1, -0.05) is 0 Å². The minimum Gasteiger partial charge on any atom is -0.246 e. The molecule has 0 bridgehead atoms. The first-order chi connectivity index (χ1) is 6.00. The lowest BCUT2D eigenvalue weighted by Gasteiger charge is -2.29. The number of alkyl halides is 8. The number of hydrogen-bond donors (Lipinski definition) is 1. The van der Waals surface area contributed by atoms with Gasteiger partial charge in [-0.05, 0) is 0 Å². The molecule has 10 heteroatoms. The Hall–Kier alpha value is -0.640. The first-order valence-electron chi connectivity index (χ1n) is 2.75. The Labute approximate surface area is 71.0 Å². The Bertz CT molecular complexity index is 202. The summed E-state index contributed by atoms with van der Waals surface area (Å²) in [6.45, 7) is 0. The van der Waals surface area contributed by atoms with Gasteiger partial charge in [-0.25, -0.2) is 14.0 Å². The van der Waals surface area contributed by atoms with Crippen molar-refractivity contribution in [3.05, 3.63) is 0 Å². The highest BCUT2D eigenvalue weighted by Crippen LogP contribution is 2.48. The van der Waals surface area contributed by atoms with Crippen LogP contribution in [0.5, 0.6) is 0 Å². The van der Waals surface area contributed by atoms with E-state index in [9.17, 15) is 35.1 Å². The summed E-state index contributed by atoms with van der Waals surface area (Å²) in [6.07, 6.45) is -11.1. The molecule has 0 spiro atoms. The van der Waals surface area contributed by atoms with Crippen molar-refractivity contribution in [2.24, 2.45) is 0 Å². The van der Waals surface area contributed by atoms with E-state index in [1.165, 1.54) is 0 Å². The molecular weight excluding hydrogens is 232 g/mol. The highest BCUT2D eigenvalue weighted by Gasteiger charge is 2.77. The first-order valence-corrected chi connectivity index (χ1v) is 2.75. The molecule has 0 unspecified atom stereocenters. The fourth-order valence-electron chi connectivity index (χ4n) is 0.388. The minimum atomic E-state index is -6.52. The Morgan fingerprint density at radius 1 is 0.929 bits per heavy atom. The topological polar surface area (TPSA) is 29.5 Å². The van der Waals surface area contributed by atoms with Crippen LogP contribution >= 0.6 is 0 Å². The maximum absolute atomic E-state index is 12.0. The second kappa shape index (κ2) is 3.50. The molecule has 0 atom stereocenters. The van der Waals surface area contributed by atoms with Crippen molar-refractivity contribution in [1.29, 1.82) is 0 Å². The Morgan fingerprint density at radius 2 is 1.29 bits per heavy atom. The minimum absolute atomic E-state index is 1.74. The fourth-order valence-corrected chi connectivity index (χ4v) is 0.388. The van der Waals surface area contributed by atoms with Gasteiger partial charge in [0.25, 0.3) is 0 Å². The van der Waals surface area contributed by atoms with E-state index in [1.54, 1.807) is 4.89 Å². The highest BCUT2D eigenvalue weighted by molar-refractivity contribution is 4.92. The molecule has 0 aromatic carbocycles.